The van der Waals surface area contributed by atoms with Crippen LogP contribution < -0.4 is 10.1 Å². The van der Waals surface area contributed by atoms with Gasteiger partial charge in [0.2, 0.25) is 0 Å². The summed E-state index contributed by atoms with van der Waals surface area (Å²) >= 11 is 0. The second kappa shape index (κ2) is 6.21. The van der Waals surface area contributed by atoms with E-state index in [1.54, 1.807) is 7.11 Å². The third kappa shape index (κ3) is 2.85. The summed E-state index contributed by atoms with van der Waals surface area (Å²) in [5.74, 6) is 2.14. The van der Waals surface area contributed by atoms with Gasteiger partial charge in [-0.15, -0.1) is 0 Å². The first-order valence-corrected chi connectivity index (χ1v) is 6.65. The Kier molecular flexibility index (Phi) is 4.61. The highest BCUT2D eigenvalue weighted by Gasteiger charge is 2.29. The Hall–Kier alpha value is -1.06. The van der Waals surface area contributed by atoms with E-state index in [1.807, 2.05) is 19.2 Å². The van der Waals surface area contributed by atoms with E-state index in [-0.39, 0.29) is 0 Å². The molecule has 0 saturated carbocycles. The Morgan fingerprint density at radius 1 is 1.33 bits per heavy atom. The molecule has 3 atom stereocenters. The van der Waals surface area contributed by atoms with Crippen LogP contribution in [0.2, 0.25) is 0 Å². The highest BCUT2D eigenvalue weighted by molar-refractivity contribution is 5.29. The molecule has 0 spiro atoms. The lowest BCUT2D eigenvalue weighted by molar-refractivity contribution is 0.0115. The second-order valence-electron chi connectivity index (χ2n) is 5.04. The van der Waals surface area contributed by atoms with E-state index < -0.39 is 0 Å². The number of rotatable bonds is 4. The van der Waals surface area contributed by atoms with Gasteiger partial charge in [0.1, 0.15) is 5.75 Å². The minimum atomic E-state index is 0.398. The van der Waals surface area contributed by atoms with E-state index >= 15 is 0 Å². The molecule has 18 heavy (non-hydrogen) atoms. The maximum atomic E-state index is 5.53. The zero-order chi connectivity index (χ0) is 13.0. The van der Waals surface area contributed by atoms with Gasteiger partial charge in [0.05, 0.1) is 7.11 Å². The molecule has 2 rings (SSSR count). The van der Waals surface area contributed by atoms with Crippen LogP contribution in [0.15, 0.2) is 24.3 Å². The van der Waals surface area contributed by atoms with Crippen LogP contribution in [0, 0.1) is 11.8 Å². The fourth-order valence-corrected chi connectivity index (χ4v) is 2.83. The predicted octanol–water partition coefficient (Wildman–Crippen LogP) is 2.63. The van der Waals surface area contributed by atoms with E-state index in [2.05, 4.69) is 24.4 Å². The van der Waals surface area contributed by atoms with Crippen LogP contribution in [-0.2, 0) is 4.74 Å². The zero-order valence-electron chi connectivity index (χ0n) is 11.5. The molecule has 100 valence electrons. The van der Waals surface area contributed by atoms with Gasteiger partial charge in [-0.25, -0.2) is 0 Å². The van der Waals surface area contributed by atoms with Crippen LogP contribution in [0.5, 0.6) is 5.75 Å². The van der Waals surface area contributed by atoms with E-state index in [4.69, 9.17) is 9.47 Å². The van der Waals surface area contributed by atoms with Crippen LogP contribution in [-0.4, -0.2) is 27.4 Å². The fourth-order valence-electron chi connectivity index (χ4n) is 2.83. The predicted molar refractivity (Wildman–Crippen MR) is 72.9 cm³/mol. The van der Waals surface area contributed by atoms with Gasteiger partial charge in [-0.2, -0.15) is 0 Å². The van der Waals surface area contributed by atoms with Crippen molar-refractivity contribution >= 4 is 0 Å². The molecule has 3 heteroatoms. The summed E-state index contributed by atoms with van der Waals surface area (Å²) in [6.07, 6.45) is 1.12. The highest BCUT2D eigenvalue weighted by atomic mass is 16.5. The molecule has 1 aliphatic heterocycles. The fraction of sp³-hybridized carbons (Fsp3) is 0.600. The van der Waals surface area contributed by atoms with Crippen LogP contribution in [0.25, 0.3) is 0 Å². The van der Waals surface area contributed by atoms with E-state index in [1.165, 1.54) is 5.56 Å². The van der Waals surface area contributed by atoms with Crippen LogP contribution >= 0.6 is 0 Å². The first-order valence-electron chi connectivity index (χ1n) is 6.65. The molecule has 3 unspecified atom stereocenters. The molecule has 1 aromatic rings. The van der Waals surface area contributed by atoms with Crippen molar-refractivity contribution < 1.29 is 9.47 Å². The standard InChI is InChI=1S/C15H23NO2/c1-11-10-18-9-8-14(11)15(16-2)12-4-6-13(17-3)7-5-12/h4-7,11,14-16H,8-10H2,1-3H3. The SMILES string of the molecule is CNC(c1ccc(OC)cc1)C1CCOCC1C. The Morgan fingerprint density at radius 3 is 2.61 bits per heavy atom. The normalized spacial score (nSPS) is 25.7. The molecule has 0 amide bonds. The Balaban J connectivity index is 2.15. The van der Waals surface area contributed by atoms with Crippen LogP contribution in [0.1, 0.15) is 24.9 Å². The summed E-state index contributed by atoms with van der Waals surface area (Å²) in [7, 11) is 3.74. The lowest BCUT2D eigenvalue weighted by Gasteiger charge is -2.35. The van der Waals surface area contributed by atoms with Gasteiger partial charge in [0.15, 0.2) is 0 Å². The average Bonchev–Trinajstić information content (AvgIpc) is 2.42. The number of nitrogens with one attached hydrogen (secondary N) is 1. The topological polar surface area (TPSA) is 30.5 Å². The van der Waals surface area contributed by atoms with Gasteiger partial charge in [-0.1, -0.05) is 19.1 Å². The van der Waals surface area contributed by atoms with Gasteiger partial charge in [0, 0.05) is 19.3 Å². The van der Waals surface area contributed by atoms with Crippen molar-refractivity contribution in [2.24, 2.45) is 11.8 Å². The van der Waals surface area contributed by atoms with Crippen molar-refractivity contribution in [3.05, 3.63) is 29.8 Å². The van der Waals surface area contributed by atoms with Gasteiger partial charge in [-0.05, 0) is 43.0 Å². The van der Waals surface area contributed by atoms with Crippen molar-refractivity contribution in [3.63, 3.8) is 0 Å². The summed E-state index contributed by atoms with van der Waals surface area (Å²) in [4.78, 5) is 0. The Labute approximate surface area is 109 Å². The van der Waals surface area contributed by atoms with Gasteiger partial charge >= 0.3 is 0 Å². The minimum Gasteiger partial charge on any atom is -0.497 e. The summed E-state index contributed by atoms with van der Waals surface area (Å²) in [5, 5.41) is 3.46. The van der Waals surface area contributed by atoms with Crippen LogP contribution in [0.4, 0.5) is 0 Å². The molecular weight excluding hydrogens is 226 g/mol. The van der Waals surface area contributed by atoms with Crippen molar-refractivity contribution in [2.75, 3.05) is 27.4 Å². The Morgan fingerprint density at radius 2 is 2.06 bits per heavy atom. The summed E-state index contributed by atoms with van der Waals surface area (Å²) in [5.41, 5.74) is 1.33. The number of hydrogen-bond donors (Lipinski definition) is 1. The molecule has 1 aromatic carbocycles. The van der Waals surface area contributed by atoms with Crippen LogP contribution in [0.3, 0.4) is 0 Å². The lowest BCUT2D eigenvalue weighted by Crippen LogP contribution is -2.35. The molecule has 0 bridgehead atoms. The molecule has 1 saturated heterocycles. The van der Waals surface area contributed by atoms with Gasteiger partial charge < -0.3 is 14.8 Å². The molecule has 3 nitrogen and oxygen atoms in total. The molecule has 1 heterocycles. The first-order chi connectivity index (χ1) is 8.76. The first kappa shape index (κ1) is 13.4. The average molecular weight is 249 g/mol. The number of methoxy groups -OCH3 is 1. The van der Waals surface area contributed by atoms with E-state index in [0.29, 0.717) is 17.9 Å². The van der Waals surface area contributed by atoms with Crippen molar-refractivity contribution in [1.82, 2.24) is 5.32 Å². The zero-order valence-corrected chi connectivity index (χ0v) is 11.5. The lowest BCUT2D eigenvalue weighted by atomic mass is 9.80. The molecular formula is C15H23NO2. The third-order valence-electron chi connectivity index (χ3n) is 3.92. The monoisotopic (exact) mass is 249 g/mol. The molecule has 0 aromatic heterocycles. The molecule has 0 radical (unpaired) electrons. The van der Waals surface area contributed by atoms with Crippen molar-refractivity contribution in [1.29, 1.82) is 0 Å². The summed E-state index contributed by atoms with van der Waals surface area (Å²) < 4.78 is 10.7. The smallest absolute Gasteiger partial charge is 0.118 e. The number of ether oxygens (including phenoxy) is 2. The van der Waals surface area contributed by atoms with Crippen molar-refractivity contribution in [3.8, 4) is 5.75 Å². The van der Waals surface area contributed by atoms with Crippen molar-refractivity contribution in [2.45, 2.75) is 19.4 Å². The Bertz CT molecular complexity index is 363. The maximum Gasteiger partial charge on any atom is 0.118 e. The van der Waals surface area contributed by atoms with Gasteiger partial charge in [0.25, 0.3) is 0 Å². The van der Waals surface area contributed by atoms with E-state index in [9.17, 15) is 0 Å². The minimum absolute atomic E-state index is 0.398. The second-order valence-corrected chi connectivity index (χ2v) is 5.04. The number of hydrogen-bond acceptors (Lipinski definition) is 3. The number of benzene rings is 1. The summed E-state index contributed by atoms with van der Waals surface area (Å²) in [6, 6.07) is 8.77. The highest BCUT2D eigenvalue weighted by Crippen LogP contribution is 2.34. The maximum absolute atomic E-state index is 5.53. The summed E-state index contributed by atoms with van der Waals surface area (Å²) in [6.45, 7) is 4.03. The molecule has 1 N–H and O–H groups in total. The van der Waals surface area contributed by atoms with E-state index in [0.717, 1.165) is 25.4 Å². The third-order valence-corrected chi connectivity index (χ3v) is 3.92. The molecule has 0 aliphatic carbocycles. The molecule has 1 fully saturated rings. The molecule has 1 aliphatic rings. The largest absolute Gasteiger partial charge is 0.497 e. The van der Waals surface area contributed by atoms with Gasteiger partial charge in [-0.3, -0.25) is 0 Å². The quantitative estimate of drug-likeness (QED) is 0.890.